The zero-order chi connectivity index (χ0) is 17.1. The van der Waals surface area contributed by atoms with E-state index in [0.717, 1.165) is 12.8 Å². The summed E-state index contributed by atoms with van der Waals surface area (Å²) in [5, 5.41) is 0. The van der Waals surface area contributed by atoms with Gasteiger partial charge in [0.15, 0.2) is 0 Å². The molecule has 2 N–H and O–H groups in total. The van der Waals surface area contributed by atoms with Gasteiger partial charge in [0, 0.05) is 18.2 Å². The Hall–Kier alpha value is -1.40. The Morgan fingerprint density at radius 3 is 2.33 bits per heavy atom. The summed E-state index contributed by atoms with van der Waals surface area (Å²) in [6.07, 6.45) is 5.58. The van der Waals surface area contributed by atoms with E-state index in [4.69, 9.17) is 5.73 Å². The number of carbonyl (C=O) groups excluding carboxylic acids is 1. The molecule has 4 bridgehead atoms. The summed E-state index contributed by atoms with van der Waals surface area (Å²) in [6.45, 7) is 2.39. The summed E-state index contributed by atoms with van der Waals surface area (Å²) in [5.74, 6) is 1.27. The number of carbonyl (C=O) groups is 1. The van der Waals surface area contributed by atoms with Gasteiger partial charge in [-0.3, -0.25) is 4.79 Å². The second-order valence-corrected chi connectivity index (χ2v) is 9.74. The zero-order valence-corrected chi connectivity index (χ0v) is 14.8. The molecule has 4 fully saturated rings. The molecular formula is C18H24N2O3S. The molecule has 0 spiro atoms. The van der Waals surface area contributed by atoms with E-state index >= 15 is 0 Å². The Balaban J connectivity index is 1.73. The molecule has 130 valence electrons. The third kappa shape index (κ3) is 2.56. The van der Waals surface area contributed by atoms with Crippen LogP contribution in [0.2, 0.25) is 0 Å². The van der Waals surface area contributed by atoms with E-state index in [0.29, 0.717) is 29.9 Å². The third-order valence-electron chi connectivity index (χ3n) is 6.14. The van der Waals surface area contributed by atoms with Crippen molar-refractivity contribution >= 4 is 15.9 Å². The fourth-order valence-corrected chi connectivity index (χ4v) is 6.95. The minimum Gasteiger partial charge on any atom is -0.366 e. The van der Waals surface area contributed by atoms with Gasteiger partial charge in [0.25, 0.3) is 0 Å². The zero-order valence-electron chi connectivity index (χ0n) is 13.9. The van der Waals surface area contributed by atoms with Crippen LogP contribution in [-0.4, -0.2) is 31.2 Å². The lowest BCUT2D eigenvalue weighted by Crippen LogP contribution is -2.42. The van der Waals surface area contributed by atoms with Gasteiger partial charge in [0.05, 0.1) is 4.90 Å². The van der Waals surface area contributed by atoms with Crippen molar-refractivity contribution in [3.63, 3.8) is 0 Å². The Bertz CT molecular complexity index is 775. The van der Waals surface area contributed by atoms with Crippen molar-refractivity contribution in [3.05, 3.63) is 29.3 Å². The molecule has 2 unspecified atom stereocenters. The minimum absolute atomic E-state index is 0.115. The van der Waals surface area contributed by atoms with Crippen molar-refractivity contribution in [1.82, 2.24) is 4.31 Å². The van der Waals surface area contributed by atoms with Crippen LogP contribution in [0.3, 0.4) is 0 Å². The highest BCUT2D eigenvalue weighted by Gasteiger charge is 2.46. The molecular weight excluding hydrogens is 324 g/mol. The van der Waals surface area contributed by atoms with E-state index in [1.165, 1.54) is 25.3 Å². The maximum absolute atomic E-state index is 13.3. The van der Waals surface area contributed by atoms with Crippen LogP contribution in [0.1, 0.15) is 48.0 Å². The smallest absolute Gasteiger partial charge is 0.249 e. The van der Waals surface area contributed by atoms with Crippen molar-refractivity contribution in [2.24, 2.45) is 23.5 Å². The second kappa shape index (κ2) is 5.56. The predicted molar refractivity (Wildman–Crippen MR) is 90.9 cm³/mol. The Morgan fingerprint density at radius 2 is 1.71 bits per heavy atom. The van der Waals surface area contributed by atoms with E-state index in [1.807, 2.05) is 0 Å². The first-order chi connectivity index (χ1) is 11.3. The lowest BCUT2D eigenvalue weighted by Gasteiger charge is -2.38. The van der Waals surface area contributed by atoms with Gasteiger partial charge < -0.3 is 5.73 Å². The normalized spacial score (nSPS) is 32.7. The summed E-state index contributed by atoms with van der Waals surface area (Å²) in [6, 6.07) is 4.84. The molecule has 2 saturated carbocycles. The maximum atomic E-state index is 13.3. The predicted octanol–water partition coefficient (Wildman–Crippen LogP) is 2.29. The molecule has 4 aliphatic rings. The van der Waals surface area contributed by atoms with Crippen molar-refractivity contribution in [3.8, 4) is 0 Å². The number of nitrogens with zero attached hydrogens (tertiary/aromatic N) is 1. The number of benzene rings is 1. The van der Waals surface area contributed by atoms with Crippen molar-refractivity contribution in [1.29, 1.82) is 0 Å². The van der Waals surface area contributed by atoms with Crippen molar-refractivity contribution < 1.29 is 13.2 Å². The van der Waals surface area contributed by atoms with Gasteiger partial charge in [-0.15, -0.1) is 0 Å². The van der Waals surface area contributed by atoms with Crippen LogP contribution >= 0.6 is 0 Å². The van der Waals surface area contributed by atoms with Crippen LogP contribution in [0, 0.1) is 24.7 Å². The second-order valence-electron chi connectivity index (χ2n) is 7.85. The quantitative estimate of drug-likeness (QED) is 0.910. The van der Waals surface area contributed by atoms with E-state index in [9.17, 15) is 13.2 Å². The lowest BCUT2D eigenvalue weighted by atomic mass is 9.68. The average molecular weight is 348 g/mol. The first-order valence-corrected chi connectivity index (χ1v) is 10.2. The van der Waals surface area contributed by atoms with Crippen molar-refractivity contribution in [2.45, 2.75) is 50.0 Å². The number of aryl methyl sites for hydroxylation is 1. The highest BCUT2D eigenvalue weighted by molar-refractivity contribution is 7.89. The molecule has 5 rings (SSSR count). The molecule has 24 heavy (non-hydrogen) atoms. The molecule has 6 heteroatoms. The summed E-state index contributed by atoms with van der Waals surface area (Å²) < 4.78 is 28.3. The standard InChI is InChI=1S/C18H24N2O3S/c1-11-2-3-16(9-17(11)18(19)21)24(22,23)20-10-14-5-12-4-13(6-14)8-15(20)7-12/h2-3,9,12-15H,4-8,10H2,1H3,(H2,19,21). The lowest BCUT2D eigenvalue weighted by molar-refractivity contribution is 0.0999. The molecule has 2 aliphatic heterocycles. The van der Waals surface area contributed by atoms with E-state index < -0.39 is 15.9 Å². The third-order valence-corrected chi connectivity index (χ3v) is 8.05. The topological polar surface area (TPSA) is 80.5 Å². The van der Waals surface area contributed by atoms with Crippen molar-refractivity contribution in [2.75, 3.05) is 6.54 Å². The number of hydrogen-bond donors (Lipinski definition) is 1. The molecule has 1 amide bonds. The van der Waals surface area contributed by atoms with Gasteiger partial charge in [-0.2, -0.15) is 4.31 Å². The van der Waals surface area contributed by atoms with Gasteiger partial charge in [-0.05, 0) is 74.5 Å². The first-order valence-electron chi connectivity index (χ1n) is 8.77. The number of primary amides is 1. The van der Waals surface area contributed by atoms with Gasteiger partial charge in [-0.25, -0.2) is 8.42 Å². The Kier molecular flexibility index (Phi) is 3.73. The maximum Gasteiger partial charge on any atom is 0.249 e. The minimum atomic E-state index is -3.59. The summed E-state index contributed by atoms with van der Waals surface area (Å²) in [5.41, 5.74) is 6.39. The molecule has 1 aromatic rings. The van der Waals surface area contributed by atoms with E-state index in [2.05, 4.69) is 0 Å². The summed E-state index contributed by atoms with van der Waals surface area (Å²) in [4.78, 5) is 11.8. The van der Waals surface area contributed by atoms with Crippen LogP contribution < -0.4 is 5.73 Å². The molecule has 2 saturated heterocycles. The molecule has 1 aromatic carbocycles. The van der Waals surface area contributed by atoms with Crippen LogP contribution in [0.25, 0.3) is 0 Å². The van der Waals surface area contributed by atoms with Crippen LogP contribution in [0.15, 0.2) is 23.1 Å². The number of amides is 1. The molecule has 5 nitrogen and oxygen atoms in total. The van der Waals surface area contributed by atoms with Gasteiger partial charge in [0.1, 0.15) is 0 Å². The molecule has 2 aliphatic carbocycles. The number of sulfonamides is 1. The SMILES string of the molecule is Cc1ccc(S(=O)(=O)N2CC3CC4CC(C3)CC2C4)cc1C(N)=O. The number of hydrogen-bond acceptors (Lipinski definition) is 3. The summed E-state index contributed by atoms with van der Waals surface area (Å²) in [7, 11) is -3.59. The fraction of sp³-hybridized carbons (Fsp3) is 0.611. The number of rotatable bonds is 3. The van der Waals surface area contributed by atoms with E-state index in [1.54, 1.807) is 23.4 Å². The average Bonchev–Trinajstić information content (AvgIpc) is 2.71. The van der Waals surface area contributed by atoms with Gasteiger partial charge >= 0.3 is 0 Å². The molecule has 0 radical (unpaired) electrons. The highest BCUT2D eigenvalue weighted by Crippen LogP contribution is 2.48. The van der Waals surface area contributed by atoms with Crippen LogP contribution in [0.5, 0.6) is 0 Å². The first kappa shape index (κ1) is 16.1. The van der Waals surface area contributed by atoms with Crippen LogP contribution in [0.4, 0.5) is 0 Å². The van der Waals surface area contributed by atoms with Crippen LogP contribution in [-0.2, 0) is 10.0 Å². The Morgan fingerprint density at radius 1 is 1.08 bits per heavy atom. The van der Waals surface area contributed by atoms with Gasteiger partial charge in [0.2, 0.25) is 15.9 Å². The summed E-state index contributed by atoms with van der Waals surface area (Å²) >= 11 is 0. The monoisotopic (exact) mass is 348 g/mol. The van der Waals surface area contributed by atoms with E-state index in [-0.39, 0.29) is 16.5 Å². The number of nitrogens with two attached hydrogens (primary N) is 1. The Labute approximate surface area is 143 Å². The number of fused-ring (bicyclic) bond motifs is 1. The molecule has 2 atom stereocenters. The molecule has 0 aromatic heterocycles. The van der Waals surface area contributed by atoms with Gasteiger partial charge in [-0.1, -0.05) is 6.07 Å². The molecule has 2 heterocycles. The largest absolute Gasteiger partial charge is 0.366 e. The highest BCUT2D eigenvalue weighted by atomic mass is 32.2. The fourth-order valence-electron chi connectivity index (χ4n) is 5.20.